The van der Waals surface area contributed by atoms with Gasteiger partial charge in [-0.1, -0.05) is 0 Å². The van der Waals surface area contributed by atoms with Crippen LogP contribution in [0, 0.1) is 0 Å². The van der Waals surface area contributed by atoms with Crippen LogP contribution in [0.15, 0.2) is 12.4 Å². The van der Waals surface area contributed by atoms with E-state index in [2.05, 4.69) is 5.10 Å². The van der Waals surface area contributed by atoms with Crippen LogP contribution in [-0.2, 0) is 11.3 Å². The van der Waals surface area contributed by atoms with Crippen molar-refractivity contribution in [2.75, 3.05) is 0 Å². The number of carbonyl (C=O) groups excluding carboxylic acids is 1. The normalized spacial score (nSPS) is 8.29. The molecule has 6 nitrogen and oxygen atoms in total. The van der Waals surface area contributed by atoms with Gasteiger partial charge in [0.2, 0.25) is 5.91 Å². The molecule has 0 atom stereocenters. The van der Waals surface area contributed by atoms with Gasteiger partial charge in [-0.3, -0.25) is 9.48 Å². The van der Waals surface area contributed by atoms with Crippen LogP contribution in [0.5, 0.6) is 0 Å². The van der Waals surface area contributed by atoms with Gasteiger partial charge < -0.3 is 10.8 Å². The summed E-state index contributed by atoms with van der Waals surface area (Å²) < 4.78 is 1.17. The first kappa shape index (κ1) is 15.2. The van der Waals surface area contributed by atoms with E-state index >= 15 is 0 Å². The maximum atomic E-state index is 10.4. The molecule has 1 heterocycles. The summed E-state index contributed by atoms with van der Waals surface area (Å²) in [6, 6.07) is 0. The molecule has 0 fully saturated rings. The minimum Gasteiger partial charge on any atom is -0.478 e. The van der Waals surface area contributed by atoms with Crippen molar-refractivity contribution in [3.63, 3.8) is 0 Å². The molecule has 0 aliphatic carbocycles. The summed E-state index contributed by atoms with van der Waals surface area (Å²) in [5.74, 6) is -1.64. The number of primary amides is 1. The fourth-order valence-corrected chi connectivity index (χ4v) is 0.720. The first-order chi connectivity index (χ1) is 5.59. The van der Waals surface area contributed by atoms with Crippen molar-refractivity contribution in [3.05, 3.63) is 18.0 Å². The highest BCUT2D eigenvalue weighted by atomic mass is 35.5. The van der Waals surface area contributed by atoms with Crippen molar-refractivity contribution in [2.24, 2.45) is 5.73 Å². The van der Waals surface area contributed by atoms with E-state index in [1.807, 2.05) is 0 Å². The second-order valence-corrected chi connectivity index (χ2v) is 2.20. The van der Waals surface area contributed by atoms with Gasteiger partial charge in [-0.2, -0.15) is 5.10 Å². The summed E-state index contributed by atoms with van der Waals surface area (Å²) >= 11 is 0. The van der Waals surface area contributed by atoms with E-state index in [0.29, 0.717) is 0 Å². The molecule has 80 valence electrons. The number of aromatic nitrogens is 2. The highest BCUT2D eigenvalue weighted by molar-refractivity contribution is 5.87. The lowest BCUT2D eigenvalue weighted by Gasteiger charge is -1.93. The van der Waals surface area contributed by atoms with Crippen molar-refractivity contribution in [3.8, 4) is 0 Å². The van der Waals surface area contributed by atoms with E-state index < -0.39 is 11.9 Å². The Hall–Kier alpha value is -1.27. The first-order valence-corrected chi connectivity index (χ1v) is 3.13. The lowest BCUT2D eigenvalue weighted by atomic mass is 10.4. The molecule has 1 rings (SSSR count). The van der Waals surface area contributed by atoms with Crippen LogP contribution in [0.25, 0.3) is 0 Å². The minimum atomic E-state index is -1.08. The van der Waals surface area contributed by atoms with Crippen LogP contribution in [0.1, 0.15) is 10.4 Å². The second-order valence-electron chi connectivity index (χ2n) is 2.20. The fraction of sp³-hybridized carbons (Fsp3) is 0.167. The summed E-state index contributed by atoms with van der Waals surface area (Å²) in [5, 5.41) is 12.1. The van der Waals surface area contributed by atoms with Crippen molar-refractivity contribution < 1.29 is 14.7 Å². The molecule has 0 radical (unpaired) electrons. The molecule has 1 aromatic heterocycles. The Balaban J connectivity index is 0. The Bertz CT molecular complexity index is 326. The predicted octanol–water partition coefficient (Wildman–Crippen LogP) is -0.0898. The van der Waals surface area contributed by atoms with E-state index in [0.717, 1.165) is 6.20 Å². The van der Waals surface area contributed by atoms with Gasteiger partial charge in [0.15, 0.2) is 0 Å². The molecule has 0 spiro atoms. The molecule has 0 bridgehead atoms. The maximum absolute atomic E-state index is 10.4. The number of carbonyl (C=O) groups is 2. The number of amides is 1. The molecule has 14 heavy (non-hydrogen) atoms. The molecule has 3 N–H and O–H groups in total. The molecule has 0 aliphatic rings. The average molecular weight is 242 g/mol. The molecular weight excluding hydrogens is 233 g/mol. The van der Waals surface area contributed by atoms with Crippen molar-refractivity contribution in [1.29, 1.82) is 0 Å². The number of aromatic carboxylic acids is 1. The van der Waals surface area contributed by atoms with Gasteiger partial charge in [0.05, 0.1) is 11.8 Å². The van der Waals surface area contributed by atoms with Gasteiger partial charge >= 0.3 is 5.97 Å². The fourth-order valence-electron chi connectivity index (χ4n) is 0.720. The number of carboxylic acids is 1. The van der Waals surface area contributed by atoms with Gasteiger partial charge in [0.1, 0.15) is 6.54 Å². The molecule has 0 saturated carbocycles. The Morgan fingerprint density at radius 1 is 1.50 bits per heavy atom. The van der Waals surface area contributed by atoms with Crippen molar-refractivity contribution >= 4 is 36.7 Å². The van der Waals surface area contributed by atoms with Gasteiger partial charge in [-0.15, -0.1) is 24.8 Å². The lowest BCUT2D eigenvalue weighted by molar-refractivity contribution is -0.118. The number of halogens is 2. The second kappa shape index (κ2) is 6.22. The Labute approximate surface area is 91.9 Å². The van der Waals surface area contributed by atoms with Gasteiger partial charge in [0, 0.05) is 6.20 Å². The van der Waals surface area contributed by atoms with Gasteiger partial charge in [-0.25, -0.2) is 4.79 Å². The Kier molecular flexibility index (Phi) is 6.76. The van der Waals surface area contributed by atoms with Crippen molar-refractivity contribution in [1.82, 2.24) is 9.78 Å². The summed E-state index contributed by atoms with van der Waals surface area (Å²) in [6.45, 7) is -0.104. The third kappa shape index (κ3) is 4.11. The third-order valence-electron chi connectivity index (χ3n) is 1.20. The number of nitrogens with zero attached hydrogens (tertiary/aromatic N) is 2. The number of nitrogens with two attached hydrogens (primary N) is 1. The monoisotopic (exact) mass is 241 g/mol. The molecule has 1 aromatic rings. The Morgan fingerprint density at radius 2 is 2.07 bits per heavy atom. The largest absolute Gasteiger partial charge is 0.478 e. The average Bonchev–Trinajstić information content (AvgIpc) is 2.34. The quantitative estimate of drug-likeness (QED) is 0.773. The third-order valence-corrected chi connectivity index (χ3v) is 1.20. The van der Waals surface area contributed by atoms with Crippen LogP contribution >= 0.6 is 24.8 Å². The molecular formula is C6H9Cl2N3O3. The van der Waals surface area contributed by atoms with E-state index in [9.17, 15) is 9.59 Å². The van der Waals surface area contributed by atoms with Crippen LogP contribution < -0.4 is 5.73 Å². The summed E-state index contributed by atoms with van der Waals surface area (Å²) in [5.41, 5.74) is 4.90. The number of carboxylic acid groups (broad SMARTS) is 1. The van der Waals surface area contributed by atoms with Gasteiger partial charge in [-0.05, 0) is 0 Å². The first-order valence-electron chi connectivity index (χ1n) is 3.13. The highest BCUT2D eigenvalue weighted by Crippen LogP contribution is 1.96. The van der Waals surface area contributed by atoms with E-state index in [1.165, 1.54) is 10.9 Å². The smallest absolute Gasteiger partial charge is 0.338 e. The standard InChI is InChI=1S/C6H7N3O3.2ClH/c7-5(10)3-9-2-4(1-8-9)6(11)12;;/h1-2H,3H2,(H2,7,10)(H,11,12);2*1H. The summed E-state index contributed by atoms with van der Waals surface area (Å²) in [4.78, 5) is 20.7. The maximum Gasteiger partial charge on any atom is 0.338 e. The zero-order chi connectivity index (χ0) is 9.14. The highest BCUT2D eigenvalue weighted by Gasteiger charge is 2.06. The van der Waals surface area contributed by atoms with Crippen LogP contribution in [0.4, 0.5) is 0 Å². The minimum absolute atomic E-state index is 0. The van der Waals surface area contributed by atoms with Crippen LogP contribution in [0.2, 0.25) is 0 Å². The molecule has 8 heteroatoms. The van der Waals surface area contributed by atoms with Crippen molar-refractivity contribution in [2.45, 2.75) is 6.54 Å². The lowest BCUT2D eigenvalue weighted by Crippen LogP contribution is -2.18. The Morgan fingerprint density at radius 3 is 2.43 bits per heavy atom. The van der Waals surface area contributed by atoms with E-state index in [4.69, 9.17) is 10.8 Å². The predicted molar refractivity (Wildman–Crippen MR) is 52.9 cm³/mol. The number of rotatable bonds is 3. The molecule has 0 aliphatic heterocycles. The number of hydrogen-bond donors (Lipinski definition) is 2. The number of hydrogen-bond acceptors (Lipinski definition) is 3. The zero-order valence-electron chi connectivity index (χ0n) is 6.91. The summed E-state index contributed by atoms with van der Waals surface area (Å²) in [6.07, 6.45) is 2.40. The molecule has 0 saturated heterocycles. The van der Waals surface area contributed by atoms with Gasteiger partial charge in [0.25, 0.3) is 0 Å². The topological polar surface area (TPSA) is 98.2 Å². The summed E-state index contributed by atoms with van der Waals surface area (Å²) in [7, 11) is 0. The SMILES string of the molecule is Cl.Cl.NC(=O)Cn1cc(C(=O)O)cn1. The van der Waals surface area contributed by atoms with E-state index in [-0.39, 0.29) is 36.9 Å². The van der Waals surface area contributed by atoms with Crippen LogP contribution in [0.3, 0.4) is 0 Å². The molecule has 0 aromatic carbocycles. The van der Waals surface area contributed by atoms with Crippen LogP contribution in [-0.4, -0.2) is 26.8 Å². The molecule has 1 amide bonds. The molecule has 0 unspecified atom stereocenters. The zero-order valence-corrected chi connectivity index (χ0v) is 8.55. The van der Waals surface area contributed by atoms with E-state index in [1.54, 1.807) is 0 Å².